The Bertz CT molecular complexity index is 814. The van der Waals surface area contributed by atoms with Gasteiger partial charge in [0.2, 0.25) is 5.91 Å². The van der Waals surface area contributed by atoms with Crippen molar-refractivity contribution in [1.82, 2.24) is 5.32 Å². The van der Waals surface area contributed by atoms with Crippen LogP contribution in [0.15, 0.2) is 18.2 Å². The molecule has 14 nitrogen and oxygen atoms in total. The molecule has 1 aromatic carbocycles. The number of hydrogen-bond donors (Lipinski definition) is 3. The highest BCUT2D eigenvalue weighted by Crippen LogP contribution is 2.28. The number of carbonyl (C=O) groups excluding carboxylic acids is 2. The van der Waals surface area contributed by atoms with Gasteiger partial charge in [-0.05, 0) is 6.07 Å². The number of hydrogen-bond acceptors (Lipinski definition) is 12. The number of non-ortho nitro benzene ring substituents is 1. The molecule has 0 radical (unpaired) electrons. The summed E-state index contributed by atoms with van der Waals surface area (Å²) in [7, 11) is 0. The molecule has 0 spiro atoms. The largest absolute Gasteiger partial charge is 0.379 e. The van der Waals surface area contributed by atoms with Gasteiger partial charge in [-0.25, -0.2) is 0 Å². The topological polar surface area (TPSA) is 181 Å². The maximum absolute atomic E-state index is 11.5. The minimum Gasteiger partial charge on any atom is -0.379 e. The van der Waals surface area contributed by atoms with Crippen LogP contribution in [0.2, 0.25) is 0 Å². The van der Waals surface area contributed by atoms with Gasteiger partial charge >= 0.3 is 0 Å². The van der Waals surface area contributed by atoms with Crippen LogP contribution < -0.4 is 10.6 Å². The predicted molar refractivity (Wildman–Crippen MR) is 128 cm³/mol. The number of rotatable bonds is 21. The predicted octanol–water partition coefficient (Wildman–Crippen LogP) is 0.985. The van der Waals surface area contributed by atoms with Crippen molar-refractivity contribution < 1.29 is 38.4 Å². The number of benzene rings is 1. The lowest BCUT2D eigenvalue weighted by Crippen LogP contribution is -2.37. The van der Waals surface area contributed by atoms with Gasteiger partial charge < -0.3 is 34.4 Å². The van der Waals surface area contributed by atoms with Crippen molar-refractivity contribution >= 4 is 41.9 Å². The molecule has 1 amide bonds. The van der Waals surface area contributed by atoms with E-state index in [1.165, 1.54) is 12.1 Å². The first-order valence-corrected chi connectivity index (χ1v) is 11.4. The van der Waals surface area contributed by atoms with E-state index in [0.717, 1.165) is 6.07 Å². The third-order valence-electron chi connectivity index (χ3n) is 4.25. The van der Waals surface area contributed by atoms with Crippen LogP contribution in [-0.2, 0) is 28.5 Å². The lowest BCUT2D eigenvalue weighted by atomic mass is 10.2. The summed E-state index contributed by atoms with van der Waals surface area (Å²) < 4.78 is 21.3. The van der Waals surface area contributed by atoms with Gasteiger partial charge in [-0.15, -0.1) is 0 Å². The van der Waals surface area contributed by atoms with Crippen molar-refractivity contribution in [2.45, 2.75) is 12.5 Å². The number of nitro benzene ring substituents is 2. The first kappa shape index (κ1) is 30.2. The molecule has 0 aliphatic carbocycles. The molecule has 1 unspecified atom stereocenters. The van der Waals surface area contributed by atoms with E-state index in [4.69, 9.17) is 18.9 Å². The standard InChI is InChI=1S/C20H30N4O10S/c25-14-16(15-35)22-20(26)3-5-31-7-9-33-11-12-34-10-8-32-6-4-21-18-2-1-17(23(27)28)13-19(18)24(29)30/h1-2,13-14,16,21,35H,3-12,15H2,(H,22,26). The normalized spacial score (nSPS) is 11.6. The van der Waals surface area contributed by atoms with Gasteiger partial charge in [0, 0.05) is 24.8 Å². The van der Waals surface area contributed by atoms with Crippen LogP contribution >= 0.6 is 12.6 Å². The second-order valence-electron chi connectivity index (χ2n) is 6.83. The Kier molecular flexibility index (Phi) is 15.9. The molecular formula is C20H30N4O10S. The van der Waals surface area contributed by atoms with Gasteiger partial charge in [0.15, 0.2) is 0 Å². The number of amides is 1. The Labute approximate surface area is 207 Å². The Morgan fingerprint density at radius 1 is 0.943 bits per heavy atom. The Hall–Kier alpha value is -2.85. The van der Waals surface area contributed by atoms with Gasteiger partial charge in [0.25, 0.3) is 11.4 Å². The zero-order valence-corrected chi connectivity index (χ0v) is 20.0. The molecular weight excluding hydrogens is 488 g/mol. The highest BCUT2D eigenvalue weighted by atomic mass is 32.1. The second-order valence-corrected chi connectivity index (χ2v) is 7.20. The van der Waals surface area contributed by atoms with E-state index < -0.39 is 15.9 Å². The maximum atomic E-state index is 11.5. The van der Waals surface area contributed by atoms with Crippen molar-refractivity contribution in [3.05, 3.63) is 38.4 Å². The van der Waals surface area contributed by atoms with Crippen molar-refractivity contribution in [1.29, 1.82) is 0 Å². The Morgan fingerprint density at radius 2 is 1.51 bits per heavy atom. The van der Waals surface area contributed by atoms with E-state index >= 15 is 0 Å². The highest BCUT2D eigenvalue weighted by molar-refractivity contribution is 7.80. The Balaban J connectivity index is 1.97. The Morgan fingerprint density at radius 3 is 2.03 bits per heavy atom. The van der Waals surface area contributed by atoms with Crippen LogP contribution in [0.25, 0.3) is 0 Å². The van der Waals surface area contributed by atoms with E-state index in [2.05, 4.69) is 23.3 Å². The van der Waals surface area contributed by atoms with Crippen LogP contribution in [0.3, 0.4) is 0 Å². The summed E-state index contributed by atoms with van der Waals surface area (Å²) in [6.45, 7) is 2.77. The number of nitro groups is 2. The van der Waals surface area contributed by atoms with Crippen LogP contribution in [0, 0.1) is 20.2 Å². The van der Waals surface area contributed by atoms with E-state index in [-0.39, 0.29) is 54.9 Å². The average molecular weight is 519 g/mol. The third kappa shape index (κ3) is 13.6. The first-order valence-electron chi connectivity index (χ1n) is 10.7. The molecule has 0 fully saturated rings. The number of aldehydes is 1. The molecule has 0 heterocycles. The fourth-order valence-electron chi connectivity index (χ4n) is 2.52. The molecule has 35 heavy (non-hydrogen) atoms. The molecule has 0 saturated heterocycles. The number of thiol groups is 1. The van der Waals surface area contributed by atoms with Gasteiger partial charge in [0.1, 0.15) is 12.0 Å². The van der Waals surface area contributed by atoms with E-state index in [0.29, 0.717) is 45.9 Å². The third-order valence-corrected chi connectivity index (χ3v) is 4.64. The fourth-order valence-corrected chi connectivity index (χ4v) is 2.70. The van der Waals surface area contributed by atoms with E-state index in [1.807, 2.05) is 0 Å². The van der Waals surface area contributed by atoms with Gasteiger partial charge in [0.05, 0.1) is 74.8 Å². The lowest BCUT2D eigenvalue weighted by molar-refractivity contribution is -0.393. The molecule has 2 N–H and O–H groups in total. The summed E-state index contributed by atoms with van der Waals surface area (Å²) in [6.07, 6.45) is 0.771. The van der Waals surface area contributed by atoms with Gasteiger partial charge in [-0.1, -0.05) is 0 Å². The molecule has 0 bridgehead atoms. The van der Waals surface area contributed by atoms with Crippen LogP contribution in [0.1, 0.15) is 6.42 Å². The molecule has 15 heteroatoms. The monoisotopic (exact) mass is 518 g/mol. The SMILES string of the molecule is O=CC(CS)NC(=O)CCOCCOCCOCCOCCNc1ccc([N+](=O)[O-])cc1[N+](=O)[O-]. The highest BCUT2D eigenvalue weighted by Gasteiger charge is 2.19. The molecule has 0 aromatic heterocycles. The van der Waals surface area contributed by atoms with Gasteiger partial charge in [-0.3, -0.25) is 25.0 Å². The van der Waals surface area contributed by atoms with Crippen molar-refractivity contribution in [2.75, 3.05) is 70.5 Å². The maximum Gasteiger partial charge on any atom is 0.299 e. The minimum absolute atomic E-state index is 0.140. The van der Waals surface area contributed by atoms with E-state index in [1.54, 1.807) is 0 Å². The number of nitrogens with one attached hydrogen (secondary N) is 2. The summed E-state index contributed by atoms with van der Waals surface area (Å²) in [5, 5.41) is 27.1. The molecule has 196 valence electrons. The molecule has 0 aliphatic heterocycles. The van der Waals surface area contributed by atoms with Crippen LogP contribution in [0.4, 0.5) is 17.1 Å². The number of ether oxygens (including phenoxy) is 4. The minimum atomic E-state index is -0.694. The van der Waals surface area contributed by atoms with Crippen molar-refractivity contribution in [3.8, 4) is 0 Å². The summed E-state index contributed by atoms with van der Waals surface area (Å²) in [5.74, 6) is -0.0389. The van der Waals surface area contributed by atoms with Crippen molar-refractivity contribution in [2.24, 2.45) is 0 Å². The van der Waals surface area contributed by atoms with Crippen molar-refractivity contribution in [3.63, 3.8) is 0 Å². The zero-order valence-electron chi connectivity index (χ0n) is 19.1. The zero-order chi connectivity index (χ0) is 25.9. The van der Waals surface area contributed by atoms with Gasteiger partial charge in [-0.2, -0.15) is 12.6 Å². The molecule has 1 atom stereocenters. The smallest absolute Gasteiger partial charge is 0.299 e. The van der Waals surface area contributed by atoms with Crippen LogP contribution in [-0.4, -0.2) is 93.2 Å². The summed E-state index contributed by atoms with van der Waals surface area (Å²) in [5.41, 5.74) is -0.563. The summed E-state index contributed by atoms with van der Waals surface area (Å²) in [6, 6.07) is 2.79. The number of nitrogens with zero attached hydrogens (tertiary/aromatic N) is 2. The molecule has 0 aliphatic rings. The lowest BCUT2D eigenvalue weighted by Gasteiger charge is -2.10. The number of carbonyl (C=O) groups is 2. The quantitative estimate of drug-likeness (QED) is 0.0694. The molecule has 0 saturated carbocycles. The second kappa shape index (κ2) is 18.5. The average Bonchev–Trinajstić information content (AvgIpc) is 2.84. The first-order chi connectivity index (χ1) is 16.9. The summed E-state index contributed by atoms with van der Waals surface area (Å²) >= 11 is 3.95. The van der Waals surface area contributed by atoms with Crippen LogP contribution in [0.5, 0.6) is 0 Å². The molecule has 1 aromatic rings. The summed E-state index contributed by atoms with van der Waals surface area (Å²) in [4.78, 5) is 42.6. The van der Waals surface area contributed by atoms with E-state index in [9.17, 15) is 29.8 Å². The molecule has 1 rings (SSSR count). The fraction of sp³-hybridized carbons (Fsp3) is 0.600. The number of anilines is 1.